The van der Waals surface area contributed by atoms with Crippen LogP contribution in [0.2, 0.25) is 0 Å². The van der Waals surface area contributed by atoms with Crippen molar-refractivity contribution in [3.05, 3.63) is 24.3 Å². The number of phenols is 1. The van der Waals surface area contributed by atoms with E-state index in [1.807, 2.05) is 27.7 Å². The van der Waals surface area contributed by atoms with E-state index in [-0.39, 0.29) is 22.1 Å². The van der Waals surface area contributed by atoms with Gasteiger partial charge in [0, 0.05) is 13.1 Å². The second kappa shape index (κ2) is 4.90. The summed E-state index contributed by atoms with van der Waals surface area (Å²) in [5.74, 6) is -0.217. The molecule has 0 spiro atoms. The summed E-state index contributed by atoms with van der Waals surface area (Å²) in [6, 6.07) is 5.81. The Morgan fingerprint density at radius 1 is 1.22 bits per heavy atom. The van der Waals surface area contributed by atoms with Crippen molar-refractivity contribution in [2.45, 2.75) is 38.6 Å². The van der Waals surface area contributed by atoms with E-state index in [4.69, 9.17) is 0 Å². The molecule has 5 heteroatoms. The zero-order valence-corrected chi connectivity index (χ0v) is 12.3. The van der Waals surface area contributed by atoms with Crippen LogP contribution in [0.4, 0.5) is 0 Å². The summed E-state index contributed by atoms with van der Waals surface area (Å²) in [6.45, 7) is 7.80. The second-order valence-electron chi connectivity index (χ2n) is 5.53. The first-order chi connectivity index (χ1) is 8.08. The van der Waals surface area contributed by atoms with Gasteiger partial charge in [-0.05, 0) is 24.5 Å². The Labute approximate surface area is 109 Å². The van der Waals surface area contributed by atoms with Crippen LogP contribution in [-0.2, 0) is 10.0 Å². The molecule has 0 saturated heterocycles. The quantitative estimate of drug-likeness (QED) is 0.918. The molecule has 0 fully saturated rings. The van der Waals surface area contributed by atoms with Crippen molar-refractivity contribution in [2.24, 2.45) is 5.41 Å². The van der Waals surface area contributed by atoms with Crippen LogP contribution >= 0.6 is 0 Å². The lowest BCUT2D eigenvalue weighted by atomic mass is 9.88. The predicted molar refractivity (Wildman–Crippen MR) is 72.0 cm³/mol. The lowest BCUT2D eigenvalue weighted by molar-refractivity contribution is 0.216. The summed E-state index contributed by atoms with van der Waals surface area (Å²) >= 11 is 0. The van der Waals surface area contributed by atoms with Crippen LogP contribution in [0.3, 0.4) is 0 Å². The smallest absolute Gasteiger partial charge is 0.246 e. The molecule has 1 aromatic rings. The Morgan fingerprint density at radius 2 is 1.72 bits per heavy atom. The van der Waals surface area contributed by atoms with Gasteiger partial charge in [-0.3, -0.25) is 0 Å². The number of para-hydroxylation sites is 1. The van der Waals surface area contributed by atoms with Gasteiger partial charge in [0.15, 0.2) is 0 Å². The Bertz CT molecular complexity index is 517. The molecule has 0 aliphatic carbocycles. The van der Waals surface area contributed by atoms with Gasteiger partial charge in [-0.15, -0.1) is 0 Å². The van der Waals surface area contributed by atoms with Gasteiger partial charge in [-0.25, -0.2) is 8.42 Å². The Hall–Kier alpha value is -1.07. The molecule has 4 nitrogen and oxygen atoms in total. The van der Waals surface area contributed by atoms with E-state index in [0.717, 1.165) is 0 Å². The molecule has 1 atom stereocenters. The lowest BCUT2D eigenvalue weighted by Crippen LogP contribution is -2.42. The van der Waals surface area contributed by atoms with Gasteiger partial charge in [-0.1, -0.05) is 32.9 Å². The highest BCUT2D eigenvalue weighted by Gasteiger charge is 2.33. The van der Waals surface area contributed by atoms with Crippen molar-refractivity contribution in [3.63, 3.8) is 0 Å². The SMILES string of the molecule is CC(N(C)S(=O)(=O)c1ccccc1O)C(C)(C)C. The summed E-state index contributed by atoms with van der Waals surface area (Å²) in [4.78, 5) is -0.0522. The minimum Gasteiger partial charge on any atom is -0.507 e. The Kier molecular flexibility index (Phi) is 4.08. The standard InChI is InChI=1S/C13H21NO3S/c1-10(13(2,3)4)14(5)18(16,17)12-9-7-6-8-11(12)15/h6-10,15H,1-5H3. The van der Waals surface area contributed by atoms with Crippen LogP contribution in [0.25, 0.3) is 0 Å². The molecule has 0 radical (unpaired) electrons. The summed E-state index contributed by atoms with van der Waals surface area (Å²) in [5.41, 5.74) is -0.174. The number of sulfonamides is 1. The maximum absolute atomic E-state index is 12.4. The van der Waals surface area contributed by atoms with Crippen LogP contribution in [0, 0.1) is 5.41 Å². The second-order valence-corrected chi connectivity index (χ2v) is 7.50. The van der Waals surface area contributed by atoms with Gasteiger partial charge in [0.1, 0.15) is 10.6 Å². The highest BCUT2D eigenvalue weighted by Crippen LogP contribution is 2.30. The number of nitrogens with zero attached hydrogens (tertiary/aromatic N) is 1. The molecule has 1 aromatic carbocycles. The molecule has 0 saturated carbocycles. The predicted octanol–water partition coefficient (Wildman–Crippen LogP) is 2.45. The van der Waals surface area contributed by atoms with Crippen molar-refractivity contribution in [1.29, 1.82) is 0 Å². The summed E-state index contributed by atoms with van der Waals surface area (Å²) in [5, 5.41) is 9.67. The molecule has 1 unspecified atom stereocenters. The molecule has 102 valence electrons. The van der Waals surface area contributed by atoms with Crippen molar-refractivity contribution in [3.8, 4) is 5.75 Å². The molecule has 1 N–H and O–H groups in total. The monoisotopic (exact) mass is 271 g/mol. The largest absolute Gasteiger partial charge is 0.507 e. The highest BCUT2D eigenvalue weighted by atomic mass is 32.2. The summed E-state index contributed by atoms with van der Waals surface area (Å²) in [6.07, 6.45) is 0. The van der Waals surface area contributed by atoms with E-state index in [0.29, 0.717) is 0 Å². The number of hydrogen-bond acceptors (Lipinski definition) is 3. The van der Waals surface area contributed by atoms with Crippen molar-refractivity contribution < 1.29 is 13.5 Å². The number of rotatable bonds is 3. The third kappa shape index (κ3) is 2.84. The Balaban J connectivity index is 3.20. The molecule has 0 aromatic heterocycles. The first-order valence-corrected chi connectivity index (χ1v) is 7.28. The zero-order valence-electron chi connectivity index (χ0n) is 11.5. The first kappa shape index (κ1) is 15.0. The molecule has 0 bridgehead atoms. The number of benzene rings is 1. The van der Waals surface area contributed by atoms with Gasteiger partial charge in [0.2, 0.25) is 10.0 Å². The minimum atomic E-state index is -3.67. The maximum atomic E-state index is 12.4. The lowest BCUT2D eigenvalue weighted by Gasteiger charge is -2.34. The van der Waals surface area contributed by atoms with Gasteiger partial charge in [0.05, 0.1) is 0 Å². The molecule has 18 heavy (non-hydrogen) atoms. The molecule has 0 aliphatic heterocycles. The van der Waals surface area contributed by atoms with E-state index < -0.39 is 10.0 Å². The van der Waals surface area contributed by atoms with Crippen molar-refractivity contribution in [1.82, 2.24) is 4.31 Å². The van der Waals surface area contributed by atoms with E-state index in [9.17, 15) is 13.5 Å². The van der Waals surface area contributed by atoms with Crippen molar-refractivity contribution >= 4 is 10.0 Å². The number of aromatic hydroxyl groups is 1. The molecule has 1 rings (SSSR count). The molecule has 0 heterocycles. The fourth-order valence-electron chi connectivity index (χ4n) is 1.58. The highest BCUT2D eigenvalue weighted by molar-refractivity contribution is 7.89. The topological polar surface area (TPSA) is 57.6 Å². The third-order valence-corrected chi connectivity index (χ3v) is 5.30. The molecular weight excluding hydrogens is 250 g/mol. The van der Waals surface area contributed by atoms with Crippen LogP contribution in [0.15, 0.2) is 29.2 Å². The fraction of sp³-hybridized carbons (Fsp3) is 0.538. The van der Waals surface area contributed by atoms with Crippen LogP contribution in [0.1, 0.15) is 27.7 Å². The van der Waals surface area contributed by atoms with Gasteiger partial charge in [-0.2, -0.15) is 4.31 Å². The zero-order chi connectivity index (χ0) is 14.1. The molecular formula is C13H21NO3S. The average molecular weight is 271 g/mol. The van der Waals surface area contributed by atoms with Crippen LogP contribution < -0.4 is 0 Å². The van der Waals surface area contributed by atoms with Gasteiger partial charge < -0.3 is 5.11 Å². The Morgan fingerprint density at radius 3 is 2.17 bits per heavy atom. The first-order valence-electron chi connectivity index (χ1n) is 5.84. The molecule has 0 aliphatic rings. The number of hydrogen-bond donors (Lipinski definition) is 1. The fourth-order valence-corrected chi connectivity index (χ4v) is 3.21. The van der Waals surface area contributed by atoms with Crippen LogP contribution in [0.5, 0.6) is 5.75 Å². The molecule has 0 amide bonds. The van der Waals surface area contributed by atoms with E-state index in [2.05, 4.69) is 0 Å². The number of phenolic OH excluding ortho intramolecular Hbond substituents is 1. The van der Waals surface area contributed by atoms with E-state index in [1.54, 1.807) is 12.1 Å². The van der Waals surface area contributed by atoms with E-state index in [1.165, 1.54) is 23.5 Å². The minimum absolute atomic E-state index is 0.0522. The van der Waals surface area contributed by atoms with Gasteiger partial charge in [0.25, 0.3) is 0 Å². The third-order valence-electron chi connectivity index (χ3n) is 3.32. The average Bonchev–Trinajstić information content (AvgIpc) is 2.26. The van der Waals surface area contributed by atoms with Crippen molar-refractivity contribution in [2.75, 3.05) is 7.05 Å². The van der Waals surface area contributed by atoms with Gasteiger partial charge >= 0.3 is 0 Å². The normalized spacial score (nSPS) is 14.8. The van der Waals surface area contributed by atoms with Crippen LogP contribution in [-0.4, -0.2) is 30.9 Å². The van der Waals surface area contributed by atoms with E-state index >= 15 is 0 Å². The maximum Gasteiger partial charge on any atom is 0.246 e. The summed E-state index contributed by atoms with van der Waals surface area (Å²) < 4.78 is 26.1. The summed E-state index contributed by atoms with van der Waals surface area (Å²) in [7, 11) is -2.13.